The van der Waals surface area contributed by atoms with Gasteiger partial charge in [0.25, 0.3) is 0 Å². The van der Waals surface area contributed by atoms with E-state index in [9.17, 15) is 5.11 Å². The molecular formula is C14H18N2O2. The zero-order chi connectivity index (χ0) is 12.8. The summed E-state index contributed by atoms with van der Waals surface area (Å²) in [6, 6.07) is 5.85. The summed E-state index contributed by atoms with van der Waals surface area (Å²) >= 11 is 0. The lowest BCUT2D eigenvalue weighted by Gasteiger charge is -2.11. The van der Waals surface area contributed by atoms with Gasteiger partial charge in [-0.05, 0) is 19.4 Å². The van der Waals surface area contributed by atoms with Gasteiger partial charge >= 0.3 is 0 Å². The second-order valence-electron chi connectivity index (χ2n) is 4.27. The molecule has 18 heavy (non-hydrogen) atoms. The molecule has 0 bridgehead atoms. The third-order valence-corrected chi connectivity index (χ3v) is 2.76. The highest BCUT2D eigenvalue weighted by Crippen LogP contribution is 2.20. The lowest BCUT2D eigenvalue weighted by molar-refractivity contribution is 0.259. The maximum Gasteiger partial charge on any atom is 0.124 e. The second kappa shape index (κ2) is 6.21. The molecule has 0 saturated heterocycles. The summed E-state index contributed by atoms with van der Waals surface area (Å²) in [6.45, 7) is 3.54. The fourth-order valence-corrected chi connectivity index (χ4v) is 1.82. The van der Waals surface area contributed by atoms with E-state index >= 15 is 0 Å². The molecule has 0 spiro atoms. The van der Waals surface area contributed by atoms with Crippen LogP contribution in [0.5, 0.6) is 5.75 Å². The molecule has 0 unspecified atom stereocenters. The molecule has 1 N–H and O–H groups in total. The minimum atomic E-state index is 0.0124. The molecule has 2 rings (SSSR count). The maximum atomic E-state index is 9.26. The van der Waals surface area contributed by atoms with Crippen LogP contribution < -0.4 is 4.74 Å². The highest BCUT2D eigenvalue weighted by molar-refractivity contribution is 5.36. The van der Waals surface area contributed by atoms with Crippen LogP contribution in [0.2, 0.25) is 0 Å². The van der Waals surface area contributed by atoms with Crippen LogP contribution in [0.4, 0.5) is 0 Å². The molecule has 0 atom stereocenters. The molecular weight excluding hydrogens is 228 g/mol. The van der Waals surface area contributed by atoms with Gasteiger partial charge in [0.05, 0.1) is 19.5 Å². The average Bonchev–Trinajstić information content (AvgIpc) is 2.89. The summed E-state index contributed by atoms with van der Waals surface area (Å²) in [7, 11) is 0. The van der Waals surface area contributed by atoms with Gasteiger partial charge in [0, 0.05) is 24.5 Å². The normalized spacial score (nSPS) is 10.6. The molecule has 0 aliphatic rings. The van der Waals surface area contributed by atoms with Crippen LogP contribution in [0.15, 0.2) is 36.9 Å². The number of benzene rings is 1. The van der Waals surface area contributed by atoms with Crippen molar-refractivity contribution in [3.05, 3.63) is 48.0 Å². The first-order chi connectivity index (χ1) is 8.79. The first-order valence-electron chi connectivity index (χ1n) is 6.08. The molecule has 1 heterocycles. The zero-order valence-corrected chi connectivity index (χ0v) is 10.5. The van der Waals surface area contributed by atoms with Gasteiger partial charge in [-0.15, -0.1) is 0 Å². The SMILES string of the molecule is Cc1ccc(OCCCn2ccnc2)c(CO)c1. The minimum Gasteiger partial charge on any atom is -0.493 e. The van der Waals surface area contributed by atoms with Crippen molar-refractivity contribution in [2.75, 3.05) is 6.61 Å². The van der Waals surface area contributed by atoms with Crippen LogP contribution in [-0.4, -0.2) is 21.3 Å². The van der Waals surface area contributed by atoms with E-state index in [1.54, 1.807) is 12.5 Å². The molecule has 4 heteroatoms. The quantitative estimate of drug-likeness (QED) is 0.794. The molecule has 0 amide bonds. The maximum absolute atomic E-state index is 9.26. The molecule has 0 radical (unpaired) electrons. The highest BCUT2D eigenvalue weighted by atomic mass is 16.5. The summed E-state index contributed by atoms with van der Waals surface area (Å²) in [5.74, 6) is 0.772. The second-order valence-corrected chi connectivity index (χ2v) is 4.27. The fourth-order valence-electron chi connectivity index (χ4n) is 1.82. The largest absolute Gasteiger partial charge is 0.493 e. The molecule has 4 nitrogen and oxygen atoms in total. The molecule has 2 aromatic rings. The van der Waals surface area contributed by atoms with Gasteiger partial charge in [0.2, 0.25) is 0 Å². The summed E-state index contributed by atoms with van der Waals surface area (Å²) in [5.41, 5.74) is 1.97. The van der Waals surface area contributed by atoms with Gasteiger partial charge in [0.15, 0.2) is 0 Å². The number of aliphatic hydroxyl groups is 1. The monoisotopic (exact) mass is 246 g/mol. The molecule has 1 aromatic heterocycles. The summed E-state index contributed by atoms with van der Waals surface area (Å²) in [5, 5.41) is 9.26. The van der Waals surface area contributed by atoms with Crippen LogP contribution in [0.25, 0.3) is 0 Å². The Bertz CT molecular complexity index is 481. The number of aryl methyl sites for hydroxylation is 2. The van der Waals surface area contributed by atoms with E-state index in [2.05, 4.69) is 4.98 Å². The number of aromatic nitrogens is 2. The van der Waals surface area contributed by atoms with Crippen molar-refractivity contribution in [1.29, 1.82) is 0 Å². The van der Waals surface area contributed by atoms with Gasteiger partial charge in [-0.25, -0.2) is 4.98 Å². The first-order valence-corrected chi connectivity index (χ1v) is 6.08. The van der Waals surface area contributed by atoms with Crippen molar-refractivity contribution >= 4 is 0 Å². The predicted molar refractivity (Wildman–Crippen MR) is 69.4 cm³/mol. The van der Waals surface area contributed by atoms with E-state index in [4.69, 9.17) is 4.74 Å². The Kier molecular flexibility index (Phi) is 4.36. The molecule has 0 aliphatic carbocycles. The Hall–Kier alpha value is -1.81. The molecule has 0 fully saturated rings. The third kappa shape index (κ3) is 3.34. The highest BCUT2D eigenvalue weighted by Gasteiger charge is 2.02. The van der Waals surface area contributed by atoms with E-state index in [-0.39, 0.29) is 6.61 Å². The Morgan fingerprint density at radius 3 is 3.00 bits per heavy atom. The number of hydrogen-bond acceptors (Lipinski definition) is 3. The van der Waals surface area contributed by atoms with Crippen molar-refractivity contribution in [3.63, 3.8) is 0 Å². The predicted octanol–water partition coefficient (Wildman–Crippen LogP) is 2.15. The Morgan fingerprint density at radius 2 is 2.28 bits per heavy atom. The number of aliphatic hydroxyl groups excluding tert-OH is 1. The van der Waals surface area contributed by atoms with E-state index in [0.29, 0.717) is 6.61 Å². The van der Waals surface area contributed by atoms with E-state index in [0.717, 1.165) is 29.8 Å². The van der Waals surface area contributed by atoms with Crippen LogP contribution in [-0.2, 0) is 13.2 Å². The van der Waals surface area contributed by atoms with E-state index in [1.807, 2.05) is 35.9 Å². The van der Waals surface area contributed by atoms with Crippen LogP contribution in [0.1, 0.15) is 17.5 Å². The topological polar surface area (TPSA) is 47.3 Å². The van der Waals surface area contributed by atoms with E-state index < -0.39 is 0 Å². The van der Waals surface area contributed by atoms with Gasteiger partial charge in [-0.2, -0.15) is 0 Å². The number of hydrogen-bond donors (Lipinski definition) is 1. The lowest BCUT2D eigenvalue weighted by atomic mass is 10.1. The summed E-state index contributed by atoms with van der Waals surface area (Å²) in [6.07, 6.45) is 6.41. The average molecular weight is 246 g/mol. The summed E-state index contributed by atoms with van der Waals surface area (Å²) < 4.78 is 7.71. The molecule has 1 aromatic carbocycles. The van der Waals surface area contributed by atoms with Crippen molar-refractivity contribution in [2.24, 2.45) is 0 Å². The number of nitrogens with zero attached hydrogens (tertiary/aromatic N) is 2. The van der Waals surface area contributed by atoms with Gasteiger partial charge in [-0.1, -0.05) is 17.7 Å². The van der Waals surface area contributed by atoms with Crippen molar-refractivity contribution < 1.29 is 9.84 Å². The summed E-state index contributed by atoms with van der Waals surface area (Å²) in [4.78, 5) is 3.99. The third-order valence-electron chi connectivity index (χ3n) is 2.76. The van der Waals surface area contributed by atoms with Crippen molar-refractivity contribution in [3.8, 4) is 5.75 Å². The number of imidazole rings is 1. The van der Waals surface area contributed by atoms with Gasteiger partial charge in [-0.3, -0.25) is 0 Å². The van der Waals surface area contributed by atoms with Crippen LogP contribution >= 0.6 is 0 Å². The number of rotatable bonds is 6. The van der Waals surface area contributed by atoms with Crippen molar-refractivity contribution in [2.45, 2.75) is 26.5 Å². The van der Waals surface area contributed by atoms with Crippen LogP contribution in [0.3, 0.4) is 0 Å². The molecule has 96 valence electrons. The fraction of sp³-hybridized carbons (Fsp3) is 0.357. The van der Waals surface area contributed by atoms with E-state index in [1.165, 1.54) is 0 Å². The smallest absolute Gasteiger partial charge is 0.124 e. The standard InChI is InChI=1S/C14H18N2O2/c1-12-3-4-14(13(9-12)10-17)18-8-2-6-16-7-5-15-11-16/h3-5,7,9,11,17H,2,6,8,10H2,1H3. The van der Waals surface area contributed by atoms with Gasteiger partial charge in [0.1, 0.15) is 5.75 Å². The van der Waals surface area contributed by atoms with Gasteiger partial charge < -0.3 is 14.4 Å². The Morgan fingerprint density at radius 1 is 1.39 bits per heavy atom. The molecule has 0 saturated carbocycles. The lowest BCUT2D eigenvalue weighted by Crippen LogP contribution is -2.04. The Labute approximate surface area is 107 Å². The zero-order valence-electron chi connectivity index (χ0n) is 10.5. The minimum absolute atomic E-state index is 0.0124. The first kappa shape index (κ1) is 12.6. The number of ether oxygens (including phenoxy) is 1. The van der Waals surface area contributed by atoms with Crippen molar-refractivity contribution in [1.82, 2.24) is 9.55 Å². The Balaban J connectivity index is 1.83. The molecule has 0 aliphatic heterocycles. The van der Waals surface area contributed by atoms with Crippen LogP contribution in [0, 0.1) is 6.92 Å².